The van der Waals surface area contributed by atoms with Gasteiger partial charge in [-0.2, -0.15) is 0 Å². The van der Waals surface area contributed by atoms with Crippen LogP contribution in [0.25, 0.3) is 0 Å². The van der Waals surface area contributed by atoms with Gasteiger partial charge in [0, 0.05) is 21.9 Å². The van der Waals surface area contributed by atoms with Gasteiger partial charge in [0.1, 0.15) is 5.84 Å². The molecule has 3 heteroatoms. The summed E-state index contributed by atoms with van der Waals surface area (Å²) in [6, 6.07) is 2.62. The van der Waals surface area contributed by atoms with Gasteiger partial charge in [-0.15, -0.1) is 11.3 Å². The van der Waals surface area contributed by atoms with Crippen LogP contribution < -0.4 is 5.32 Å². The van der Waals surface area contributed by atoms with Gasteiger partial charge in [0.2, 0.25) is 0 Å². The molecular weight excluding hydrogens is 216 g/mol. The van der Waals surface area contributed by atoms with Crippen molar-refractivity contribution in [1.82, 2.24) is 5.32 Å². The molecule has 1 atom stereocenters. The predicted molar refractivity (Wildman–Crippen MR) is 69.0 cm³/mol. The third-order valence-corrected chi connectivity index (χ3v) is 4.16. The van der Waals surface area contributed by atoms with E-state index in [0.717, 1.165) is 0 Å². The summed E-state index contributed by atoms with van der Waals surface area (Å²) in [6.45, 7) is 4.37. The van der Waals surface area contributed by atoms with Crippen molar-refractivity contribution in [2.75, 3.05) is 0 Å². The molecule has 1 unspecified atom stereocenters. The van der Waals surface area contributed by atoms with E-state index in [-0.39, 0.29) is 0 Å². The molecule has 84 valence electrons. The zero-order chi connectivity index (χ0) is 11.1. The Labute approximate surface area is 100 Å². The molecule has 1 N–H and O–H groups in total. The van der Waals surface area contributed by atoms with Crippen molar-refractivity contribution in [3.63, 3.8) is 0 Å². The van der Waals surface area contributed by atoms with Crippen molar-refractivity contribution >= 4 is 17.2 Å². The van der Waals surface area contributed by atoms with Crippen LogP contribution in [-0.2, 0) is 0 Å². The third-order valence-electron chi connectivity index (χ3n) is 3.17. The molecule has 1 aliphatic carbocycles. The van der Waals surface area contributed by atoms with E-state index in [0.29, 0.717) is 12.0 Å². The number of aryl methyl sites for hydroxylation is 2. The summed E-state index contributed by atoms with van der Waals surface area (Å²) in [6.07, 6.45) is 6.71. The second kappa shape index (κ2) is 3.74. The molecule has 0 aromatic carbocycles. The Morgan fingerprint density at radius 2 is 2.19 bits per heavy atom. The van der Waals surface area contributed by atoms with Crippen molar-refractivity contribution in [1.29, 1.82) is 0 Å². The van der Waals surface area contributed by atoms with Crippen molar-refractivity contribution in [3.05, 3.63) is 33.7 Å². The lowest BCUT2D eigenvalue weighted by atomic mass is 10.1. The molecule has 0 amide bonds. The van der Waals surface area contributed by atoms with Gasteiger partial charge in [-0.05, 0) is 44.4 Å². The molecule has 1 saturated carbocycles. The highest BCUT2D eigenvalue weighted by molar-refractivity contribution is 7.12. The average Bonchev–Trinajstić information content (AvgIpc) is 3.05. The number of hydrogen-bond donors (Lipinski definition) is 1. The van der Waals surface area contributed by atoms with E-state index in [1.54, 1.807) is 0 Å². The average molecular weight is 232 g/mol. The molecule has 16 heavy (non-hydrogen) atoms. The summed E-state index contributed by atoms with van der Waals surface area (Å²) in [7, 11) is 0. The number of hydrogen-bond acceptors (Lipinski definition) is 3. The highest BCUT2D eigenvalue weighted by atomic mass is 32.1. The van der Waals surface area contributed by atoms with E-state index in [4.69, 9.17) is 0 Å². The van der Waals surface area contributed by atoms with Crippen LogP contribution in [0.1, 0.15) is 34.2 Å². The maximum Gasteiger partial charge on any atom is 0.105 e. The summed E-state index contributed by atoms with van der Waals surface area (Å²) in [5, 5.41) is 3.56. The first-order chi connectivity index (χ1) is 7.74. The second-order valence-corrected chi connectivity index (χ2v) is 6.08. The largest absolute Gasteiger partial charge is 0.363 e. The van der Waals surface area contributed by atoms with E-state index >= 15 is 0 Å². The Kier molecular flexibility index (Phi) is 2.36. The molecule has 0 bridgehead atoms. The van der Waals surface area contributed by atoms with Gasteiger partial charge in [-0.1, -0.05) is 0 Å². The zero-order valence-corrected chi connectivity index (χ0v) is 10.5. The van der Waals surface area contributed by atoms with Gasteiger partial charge in [0.25, 0.3) is 0 Å². The second-order valence-electron chi connectivity index (χ2n) is 4.62. The number of thiophene rings is 1. The fraction of sp³-hybridized carbons (Fsp3) is 0.462. The monoisotopic (exact) mass is 232 g/mol. The van der Waals surface area contributed by atoms with Crippen LogP contribution >= 0.6 is 11.3 Å². The predicted octanol–water partition coefficient (Wildman–Crippen LogP) is 3.33. The molecule has 1 aliphatic heterocycles. The van der Waals surface area contributed by atoms with E-state index in [1.165, 1.54) is 34.0 Å². The lowest BCUT2D eigenvalue weighted by Crippen LogP contribution is -2.30. The maximum atomic E-state index is 4.43. The van der Waals surface area contributed by atoms with Gasteiger partial charge in [0.15, 0.2) is 0 Å². The molecule has 2 aliphatic rings. The normalized spacial score (nSPS) is 24.1. The molecule has 1 aromatic heterocycles. The maximum absolute atomic E-state index is 4.43. The van der Waals surface area contributed by atoms with Crippen molar-refractivity contribution in [2.24, 2.45) is 10.9 Å². The van der Waals surface area contributed by atoms with Crippen LogP contribution in [0.5, 0.6) is 0 Å². The van der Waals surface area contributed by atoms with E-state index in [9.17, 15) is 0 Å². The highest BCUT2D eigenvalue weighted by Gasteiger charge is 2.30. The van der Waals surface area contributed by atoms with E-state index in [1.807, 2.05) is 17.5 Å². The Bertz CT molecular complexity index is 466. The SMILES string of the molecule is Cc1cc(C2C=CN=C(C3CC3)N2)c(C)s1. The minimum atomic E-state index is 0.332. The Balaban J connectivity index is 1.84. The first-order valence-corrected chi connectivity index (χ1v) is 6.63. The molecule has 0 saturated heterocycles. The Morgan fingerprint density at radius 1 is 1.38 bits per heavy atom. The molecular formula is C13H16N2S. The molecule has 1 fully saturated rings. The summed E-state index contributed by atoms with van der Waals surface area (Å²) >= 11 is 1.87. The first-order valence-electron chi connectivity index (χ1n) is 5.82. The molecule has 1 aromatic rings. The van der Waals surface area contributed by atoms with E-state index in [2.05, 4.69) is 36.3 Å². The Hall–Kier alpha value is -1.09. The van der Waals surface area contributed by atoms with E-state index < -0.39 is 0 Å². The molecule has 0 radical (unpaired) electrons. The van der Waals surface area contributed by atoms with Crippen LogP contribution in [0.2, 0.25) is 0 Å². The number of aliphatic imine (C=N–C) groups is 1. The van der Waals surface area contributed by atoms with Gasteiger partial charge in [-0.3, -0.25) is 0 Å². The molecule has 2 nitrogen and oxygen atoms in total. The number of nitrogens with one attached hydrogen (secondary N) is 1. The summed E-state index contributed by atoms with van der Waals surface area (Å²) < 4.78 is 0. The zero-order valence-electron chi connectivity index (χ0n) is 9.66. The number of amidine groups is 1. The summed E-state index contributed by atoms with van der Waals surface area (Å²) in [5.41, 5.74) is 1.41. The molecule has 0 spiro atoms. The van der Waals surface area contributed by atoms with Gasteiger partial charge in [0.05, 0.1) is 6.04 Å². The fourth-order valence-electron chi connectivity index (χ4n) is 2.17. The topological polar surface area (TPSA) is 24.4 Å². The highest BCUT2D eigenvalue weighted by Crippen LogP contribution is 2.34. The number of nitrogens with zero attached hydrogens (tertiary/aromatic N) is 1. The molecule has 3 rings (SSSR count). The lowest BCUT2D eigenvalue weighted by molar-refractivity contribution is 0.751. The van der Waals surface area contributed by atoms with Gasteiger partial charge in [-0.25, -0.2) is 4.99 Å². The summed E-state index contributed by atoms with van der Waals surface area (Å²) in [5.74, 6) is 1.89. The van der Waals surface area contributed by atoms with Crippen molar-refractivity contribution < 1.29 is 0 Å². The minimum Gasteiger partial charge on any atom is -0.363 e. The summed E-state index contributed by atoms with van der Waals surface area (Å²) in [4.78, 5) is 7.23. The van der Waals surface area contributed by atoms with Crippen LogP contribution in [0.4, 0.5) is 0 Å². The van der Waals surface area contributed by atoms with Crippen LogP contribution in [0.3, 0.4) is 0 Å². The third kappa shape index (κ3) is 1.80. The fourth-order valence-corrected chi connectivity index (χ4v) is 3.15. The van der Waals surface area contributed by atoms with Crippen molar-refractivity contribution in [2.45, 2.75) is 32.7 Å². The standard InChI is InChI=1S/C13H16N2S/c1-8-7-11(9(2)16-8)12-5-6-14-13(15-12)10-3-4-10/h5-7,10,12H,3-4H2,1-2H3,(H,14,15). The molecule has 2 heterocycles. The van der Waals surface area contributed by atoms with Crippen molar-refractivity contribution in [3.8, 4) is 0 Å². The minimum absolute atomic E-state index is 0.332. The Morgan fingerprint density at radius 3 is 2.81 bits per heavy atom. The lowest BCUT2D eigenvalue weighted by Gasteiger charge is -2.20. The van der Waals surface area contributed by atoms with Crippen LogP contribution in [0.15, 0.2) is 23.3 Å². The first kappa shape index (κ1) is 10.1. The van der Waals surface area contributed by atoms with Gasteiger partial charge < -0.3 is 5.32 Å². The number of rotatable bonds is 2. The smallest absolute Gasteiger partial charge is 0.105 e. The quantitative estimate of drug-likeness (QED) is 0.831. The van der Waals surface area contributed by atoms with Crippen LogP contribution in [-0.4, -0.2) is 5.84 Å². The van der Waals surface area contributed by atoms with Crippen LogP contribution in [0, 0.1) is 19.8 Å². The van der Waals surface area contributed by atoms with Gasteiger partial charge >= 0.3 is 0 Å².